The number of nitrogens with zero attached hydrogens (tertiary/aromatic N) is 2. The van der Waals surface area contributed by atoms with Crippen molar-refractivity contribution in [2.75, 3.05) is 13.7 Å². The Morgan fingerprint density at radius 2 is 1.96 bits per heavy atom. The minimum absolute atomic E-state index is 0.303. The topological polar surface area (TPSA) is 82.4 Å². The smallest absolute Gasteiger partial charge is 0.184 e. The van der Waals surface area contributed by atoms with E-state index in [1.54, 1.807) is 12.4 Å². The Balaban J connectivity index is 1.52. The Morgan fingerprint density at radius 3 is 2.70 bits per heavy atom. The summed E-state index contributed by atoms with van der Waals surface area (Å²) in [5.41, 5.74) is 1.59. The van der Waals surface area contributed by atoms with Crippen LogP contribution in [0.3, 0.4) is 0 Å². The zero-order chi connectivity index (χ0) is 18.6. The van der Waals surface area contributed by atoms with Gasteiger partial charge in [-0.15, -0.1) is 0 Å². The summed E-state index contributed by atoms with van der Waals surface area (Å²) in [6, 6.07) is 14.5. The van der Waals surface area contributed by atoms with Gasteiger partial charge in [0.25, 0.3) is 0 Å². The second-order valence-corrected chi connectivity index (χ2v) is 6.47. The molecule has 1 aromatic heterocycles. The van der Waals surface area contributed by atoms with E-state index in [-0.39, 0.29) is 0 Å². The van der Waals surface area contributed by atoms with Crippen LogP contribution in [-0.4, -0.2) is 60.7 Å². The van der Waals surface area contributed by atoms with E-state index >= 15 is 0 Å². The number of aliphatic imine (C=N–C) groups is 1. The summed E-state index contributed by atoms with van der Waals surface area (Å²) in [6.45, 7) is 0.303. The van der Waals surface area contributed by atoms with Crippen LogP contribution < -0.4 is 0 Å². The third-order valence-electron chi connectivity index (χ3n) is 4.70. The summed E-state index contributed by atoms with van der Waals surface area (Å²) in [5.74, 6) is 0. The number of benzene rings is 1. The van der Waals surface area contributed by atoms with E-state index in [2.05, 4.69) is 9.98 Å². The van der Waals surface area contributed by atoms with Crippen molar-refractivity contribution < 1.29 is 24.1 Å². The molecule has 0 aliphatic carbocycles. The van der Waals surface area contributed by atoms with Crippen LogP contribution in [0.4, 0.5) is 0 Å². The molecular formula is C20H22N2O5. The Kier molecular flexibility index (Phi) is 5.56. The normalized spacial score (nSPS) is 33.7. The molecule has 0 saturated carbocycles. The molecule has 1 aromatic carbocycles. The number of hydrogen-bond donors (Lipinski definition) is 1. The maximum absolute atomic E-state index is 10.9. The lowest BCUT2D eigenvalue weighted by Gasteiger charge is -2.46. The number of ether oxygens (including phenoxy) is 4. The number of aromatic nitrogens is 1. The maximum atomic E-state index is 10.9. The second kappa shape index (κ2) is 8.24. The largest absolute Gasteiger partial charge is 0.388 e. The van der Waals surface area contributed by atoms with Crippen molar-refractivity contribution in [2.45, 2.75) is 36.9 Å². The molecule has 0 amide bonds. The summed E-state index contributed by atoms with van der Waals surface area (Å²) < 4.78 is 23.1. The molecule has 3 heterocycles. The molecule has 6 atom stereocenters. The average Bonchev–Trinajstić information content (AvgIpc) is 2.74. The molecule has 1 unspecified atom stereocenters. The third kappa shape index (κ3) is 3.92. The SMILES string of the molecule is CO[C@H]1O[C@@H]2COC(c3ccccc3)O[C@H]2[C@@H](O)[C@H]1N=Cc1ccccn1. The zero-order valence-electron chi connectivity index (χ0n) is 14.9. The van der Waals surface area contributed by atoms with Crippen LogP contribution in [0.15, 0.2) is 59.7 Å². The molecule has 142 valence electrons. The molecule has 2 aliphatic rings. The van der Waals surface area contributed by atoms with E-state index in [0.717, 1.165) is 5.56 Å². The minimum atomic E-state index is -0.899. The second-order valence-electron chi connectivity index (χ2n) is 6.47. The van der Waals surface area contributed by atoms with Gasteiger partial charge in [-0.25, -0.2) is 0 Å². The van der Waals surface area contributed by atoms with E-state index in [4.69, 9.17) is 18.9 Å². The van der Waals surface area contributed by atoms with Crippen LogP contribution in [0.5, 0.6) is 0 Å². The lowest BCUT2D eigenvalue weighted by molar-refractivity contribution is -0.338. The third-order valence-corrected chi connectivity index (χ3v) is 4.70. The van der Waals surface area contributed by atoms with Crippen molar-refractivity contribution in [2.24, 2.45) is 4.99 Å². The van der Waals surface area contributed by atoms with Gasteiger partial charge >= 0.3 is 0 Å². The van der Waals surface area contributed by atoms with Crippen molar-refractivity contribution in [1.82, 2.24) is 4.98 Å². The highest BCUT2D eigenvalue weighted by Gasteiger charge is 2.49. The van der Waals surface area contributed by atoms with Gasteiger partial charge in [-0.3, -0.25) is 9.98 Å². The summed E-state index contributed by atoms with van der Waals surface area (Å²) in [4.78, 5) is 8.68. The fourth-order valence-corrected chi connectivity index (χ4v) is 3.33. The van der Waals surface area contributed by atoms with Gasteiger partial charge in [0.15, 0.2) is 12.6 Å². The van der Waals surface area contributed by atoms with E-state index in [9.17, 15) is 5.11 Å². The molecule has 0 spiro atoms. The summed E-state index contributed by atoms with van der Waals surface area (Å²) in [6.07, 6.45) is 0.158. The number of rotatable bonds is 4. The van der Waals surface area contributed by atoms with Gasteiger partial charge in [0.05, 0.1) is 12.3 Å². The molecule has 0 bridgehead atoms. The lowest BCUT2D eigenvalue weighted by atomic mass is 9.96. The number of fused-ring (bicyclic) bond motifs is 1. The Bertz CT molecular complexity index is 757. The molecule has 27 heavy (non-hydrogen) atoms. The maximum Gasteiger partial charge on any atom is 0.184 e. The predicted molar refractivity (Wildman–Crippen MR) is 97.3 cm³/mol. The van der Waals surface area contributed by atoms with Crippen LogP contribution in [-0.2, 0) is 18.9 Å². The van der Waals surface area contributed by atoms with Crippen LogP contribution in [0.1, 0.15) is 17.5 Å². The first-order chi connectivity index (χ1) is 13.3. The minimum Gasteiger partial charge on any atom is -0.388 e. The molecule has 1 N–H and O–H groups in total. The van der Waals surface area contributed by atoms with Crippen molar-refractivity contribution in [3.63, 3.8) is 0 Å². The number of hydrogen-bond acceptors (Lipinski definition) is 7. The summed E-state index contributed by atoms with van der Waals surface area (Å²) >= 11 is 0. The number of pyridine rings is 1. The standard InChI is InChI=1S/C20H22N2O5/c1-24-20-16(22-11-14-9-5-6-10-21-14)17(23)18-15(26-20)12-25-19(27-18)13-7-3-2-4-8-13/h2-11,15-20,23H,12H2,1H3/t15-,16-,17+,18-,19?,20+/m1/s1. The van der Waals surface area contributed by atoms with Crippen molar-refractivity contribution in [3.8, 4) is 0 Å². The highest BCUT2D eigenvalue weighted by Crippen LogP contribution is 2.35. The Hall–Kier alpha value is -2.16. The Labute approximate surface area is 157 Å². The summed E-state index contributed by atoms with van der Waals surface area (Å²) in [5, 5.41) is 10.9. The molecule has 2 aliphatic heterocycles. The van der Waals surface area contributed by atoms with Crippen molar-refractivity contribution in [3.05, 3.63) is 66.0 Å². The van der Waals surface area contributed by atoms with E-state index in [1.165, 1.54) is 7.11 Å². The van der Waals surface area contributed by atoms with Gasteiger partial charge in [0.2, 0.25) is 0 Å². The molecular weight excluding hydrogens is 348 g/mol. The van der Waals surface area contributed by atoms with Crippen molar-refractivity contribution in [1.29, 1.82) is 0 Å². The molecule has 7 nitrogen and oxygen atoms in total. The van der Waals surface area contributed by atoms with Gasteiger partial charge in [-0.2, -0.15) is 0 Å². The van der Waals surface area contributed by atoms with Crippen LogP contribution >= 0.6 is 0 Å². The van der Waals surface area contributed by atoms with E-state index in [1.807, 2.05) is 48.5 Å². The van der Waals surface area contributed by atoms with Crippen LogP contribution in [0.25, 0.3) is 0 Å². The number of methoxy groups -OCH3 is 1. The molecule has 0 radical (unpaired) electrons. The molecule has 4 rings (SSSR count). The highest BCUT2D eigenvalue weighted by molar-refractivity contribution is 5.76. The van der Waals surface area contributed by atoms with Gasteiger partial charge in [0.1, 0.15) is 24.4 Å². The zero-order valence-corrected chi connectivity index (χ0v) is 14.9. The summed E-state index contributed by atoms with van der Waals surface area (Å²) in [7, 11) is 1.53. The van der Waals surface area contributed by atoms with Gasteiger partial charge < -0.3 is 24.1 Å². The van der Waals surface area contributed by atoms with Gasteiger partial charge in [-0.1, -0.05) is 36.4 Å². The molecule has 2 fully saturated rings. The average molecular weight is 370 g/mol. The highest BCUT2D eigenvalue weighted by atomic mass is 16.7. The Morgan fingerprint density at radius 1 is 1.15 bits per heavy atom. The van der Waals surface area contributed by atoms with E-state index < -0.39 is 36.9 Å². The number of aliphatic hydroxyl groups excluding tert-OH is 1. The molecule has 2 aromatic rings. The molecule has 2 saturated heterocycles. The first-order valence-electron chi connectivity index (χ1n) is 8.89. The molecule has 7 heteroatoms. The quantitative estimate of drug-likeness (QED) is 0.825. The lowest BCUT2D eigenvalue weighted by Crippen LogP contribution is -2.61. The van der Waals surface area contributed by atoms with Gasteiger partial charge in [-0.05, 0) is 12.1 Å². The van der Waals surface area contributed by atoms with Crippen LogP contribution in [0.2, 0.25) is 0 Å². The first kappa shape index (κ1) is 18.2. The van der Waals surface area contributed by atoms with Gasteiger partial charge in [0, 0.05) is 25.1 Å². The predicted octanol–water partition coefficient (Wildman–Crippen LogP) is 1.72. The fourth-order valence-electron chi connectivity index (χ4n) is 3.33. The number of aliphatic hydroxyl groups is 1. The first-order valence-corrected chi connectivity index (χ1v) is 8.89. The monoisotopic (exact) mass is 370 g/mol. The van der Waals surface area contributed by atoms with Crippen molar-refractivity contribution >= 4 is 6.21 Å². The van der Waals surface area contributed by atoms with E-state index in [0.29, 0.717) is 12.3 Å². The van der Waals surface area contributed by atoms with Crippen LogP contribution in [0, 0.1) is 0 Å². The fraction of sp³-hybridized carbons (Fsp3) is 0.400.